The Morgan fingerprint density at radius 3 is 2.53 bits per heavy atom. The third-order valence-electron chi connectivity index (χ3n) is 1.85. The van der Waals surface area contributed by atoms with E-state index in [0.29, 0.717) is 0 Å². The molecule has 106 valence electrons. The molecule has 0 aliphatic carbocycles. The molecule has 0 saturated heterocycles. The van der Waals surface area contributed by atoms with Gasteiger partial charge < -0.3 is 15.7 Å². The van der Waals surface area contributed by atoms with Crippen LogP contribution < -0.4 is 10.6 Å². The standard InChI is InChI=1S/C10H13F3N4O2/c1-5(2)15-7-3-6(10(11,12)13)16-9(17-7)14-4-8(18)19/h3,5H,4H2,1-2H3,(H,18,19)(H2,14,15,16,17). The van der Waals surface area contributed by atoms with Crippen LogP contribution in [0.1, 0.15) is 19.5 Å². The topological polar surface area (TPSA) is 87.1 Å². The van der Waals surface area contributed by atoms with E-state index in [4.69, 9.17) is 5.11 Å². The first-order valence-electron chi connectivity index (χ1n) is 5.37. The van der Waals surface area contributed by atoms with Gasteiger partial charge in [0.15, 0.2) is 5.69 Å². The molecule has 1 heterocycles. The molecule has 6 nitrogen and oxygen atoms in total. The van der Waals surface area contributed by atoms with Crippen molar-refractivity contribution in [2.45, 2.75) is 26.1 Å². The average Bonchev–Trinajstić information content (AvgIpc) is 2.24. The highest BCUT2D eigenvalue weighted by molar-refractivity contribution is 5.71. The van der Waals surface area contributed by atoms with Crippen LogP contribution in [0.15, 0.2) is 6.07 Å². The predicted octanol–water partition coefficient (Wildman–Crippen LogP) is 1.81. The van der Waals surface area contributed by atoms with Gasteiger partial charge in [-0.25, -0.2) is 4.98 Å². The average molecular weight is 278 g/mol. The zero-order valence-electron chi connectivity index (χ0n) is 10.2. The van der Waals surface area contributed by atoms with Crippen molar-refractivity contribution < 1.29 is 23.1 Å². The Balaban J connectivity index is 3.05. The van der Waals surface area contributed by atoms with Crippen molar-refractivity contribution in [1.29, 1.82) is 0 Å². The van der Waals surface area contributed by atoms with Gasteiger partial charge in [0.1, 0.15) is 12.4 Å². The van der Waals surface area contributed by atoms with Gasteiger partial charge in [0.25, 0.3) is 0 Å². The van der Waals surface area contributed by atoms with Gasteiger partial charge in [-0.1, -0.05) is 0 Å². The number of rotatable bonds is 5. The fraction of sp³-hybridized carbons (Fsp3) is 0.500. The summed E-state index contributed by atoms with van der Waals surface area (Å²) < 4.78 is 37.9. The Morgan fingerprint density at radius 1 is 1.42 bits per heavy atom. The number of hydrogen-bond acceptors (Lipinski definition) is 5. The molecule has 0 amide bonds. The third kappa shape index (κ3) is 4.98. The van der Waals surface area contributed by atoms with E-state index < -0.39 is 24.4 Å². The summed E-state index contributed by atoms with van der Waals surface area (Å²) >= 11 is 0. The van der Waals surface area contributed by atoms with Crippen molar-refractivity contribution in [1.82, 2.24) is 9.97 Å². The molecule has 0 atom stereocenters. The molecule has 0 radical (unpaired) electrons. The van der Waals surface area contributed by atoms with Crippen LogP contribution in [0, 0.1) is 0 Å². The number of hydrogen-bond donors (Lipinski definition) is 3. The first-order valence-corrected chi connectivity index (χ1v) is 5.37. The van der Waals surface area contributed by atoms with E-state index in [0.717, 1.165) is 6.07 Å². The highest BCUT2D eigenvalue weighted by Crippen LogP contribution is 2.29. The fourth-order valence-electron chi connectivity index (χ4n) is 1.20. The number of nitrogens with zero attached hydrogens (tertiary/aromatic N) is 2. The molecule has 3 N–H and O–H groups in total. The first-order chi connectivity index (χ1) is 8.68. The summed E-state index contributed by atoms with van der Waals surface area (Å²) in [5.41, 5.74) is -1.14. The summed E-state index contributed by atoms with van der Waals surface area (Å²) in [5, 5.41) is 13.4. The van der Waals surface area contributed by atoms with Crippen LogP contribution >= 0.6 is 0 Å². The van der Waals surface area contributed by atoms with Crippen LogP contribution in [0.3, 0.4) is 0 Å². The predicted molar refractivity (Wildman–Crippen MR) is 61.9 cm³/mol. The van der Waals surface area contributed by atoms with Crippen LogP contribution in [0.4, 0.5) is 24.9 Å². The molecule has 0 aliphatic rings. The number of anilines is 2. The zero-order valence-corrected chi connectivity index (χ0v) is 10.2. The maximum atomic E-state index is 12.6. The van der Waals surface area contributed by atoms with Gasteiger partial charge in [-0.15, -0.1) is 0 Å². The van der Waals surface area contributed by atoms with Crippen LogP contribution in [0.2, 0.25) is 0 Å². The number of aromatic nitrogens is 2. The van der Waals surface area contributed by atoms with Crippen molar-refractivity contribution in [2.24, 2.45) is 0 Å². The lowest BCUT2D eigenvalue weighted by atomic mass is 10.3. The molecule has 0 unspecified atom stereocenters. The minimum atomic E-state index is -4.63. The van der Waals surface area contributed by atoms with Crippen LogP contribution in [0.5, 0.6) is 0 Å². The largest absolute Gasteiger partial charge is 0.480 e. The Morgan fingerprint density at radius 2 is 2.05 bits per heavy atom. The van der Waals surface area contributed by atoms with Crippen molar-refractivity contribution >= 4 is 17.7 Å². The smallest absolute Gasteiger partial charge is 0.433 e. The Bertz CT molecular complexity index is 463. The maximum Gasteiger partial charge on any atom is 0.433 e. The van der Waals surface area contributed by atoms with Crippen molar-refractivity contribution in [3.8, 4) is 0 Å². The molecule has 0 fully saturated rings. The minimum absolute atomic E-state index is 0.0230. The molecule has 1 aromatic heterocycles. The summed E-state index contributed by atoms with van der Waals surface area (Å²) in [7, 11) is 0. The highest BCUT2D eigenvalue weighted by Gasteiger charge is 2.33. The second kappa shape index (κ2) is 5.72. The van der Waals surface area contributed by atoms with E-state index in [2.05, 4.69) is 20.6 Å². The number of nitrogens with one attached hydrogen (secondary N) is 2. The summed E-state index contributed by atoms with van der Waals surface area (Å²) in [4.78, 5) is 17.4. The van der Waals surface area contributed by atoms with E-state index in [-0.39, 0.29) is 17.8 Å². The van der Waals surface area contributed by atoms with Crippen LogP contribution in [-0.2, 0) is 11.0 Å². The van der Waals surface area contributed by atoms with Gasteiger partial charge in [0.05, 0.1) is 0 Å². The molecule has 0 bridgehead atoms. The fourth-order valence-corrected chi connectivity index (χ4v) is 1.20. The third-order valence-corrected chi connectivity index (χ3v) is 1.85. The van der Waals surface area contributed by atoms with Gasteiger partial charge in [-0.2, -0.15) is 18.2 Å². The van der Waals surface area contributed by atoms with E-state index in [1.54, 1.807) is 13.8 Å². The highest BCUT2D eigenvalue weighted by atomic mass is 19.4. The monoisotopic (exact) mass is 278 g/mol. The normalized spacial score (nSPS) is 11.5. The Labute approximate surface area is 107 Å². The molecule has 0 aromatic carbocycles. The van der Waals surface area contributed by atoms with Gasteiger partial charge in [0.2, 0.25) is 5.95 Å². The Kier molecular flexibility index (Phi) is 4.52. The number of alkyl halides is 3. The molecule has 0 spiro atoms. The number of aliphatic carboxylic acids is 1. The first kappa shape index (κ1) is 15.0. The lowest BCUT2D eigenvalue weighted by molar-refractivity contribution is -0.141. The molecule has 1 aromatic rings. The number of halogens is 3. The number of carboxylic acid groups (broad SMARTS) is 1. The molecular weight excluding hydrogens is 265 g/mol. The van der Waals surface area contributed by atoms with Crippen molar-refractivity contribution in [3.05, 3.63) is 11.8 Å². The SMILES string of the molecule is CC(C)Nc1cc(C(F)(F)F)nc(NCC(=O)O)n1. The van der Waals surface area contributed by atoms with E-state index in [1.807, 2.05) is 0 Å². The van der Waals surface area contributed by atoms with E-state index in [9.17, 15) is 18.0 Å². The summed E-state index contributed by atoms with van der Waals surface area (Å²) in [6.45, 7) is 2.90. The molecular formula is C10H13F3N4O2. The zero-order chi connectivity index (χ0) is 14.6. The minimum Gasteiger partial charge on any atom is -0.480 e. The van der Waals surface area contributed by atoms with Crippen molar-refractivity contribution in [3.63, 3.8) is 0 Å². The molecule has 19 heavy (non-hydrogen) atoms. The molecule has 0 aliphatic heterocycles. The van der Waals surface area contributed by atoms with Crippen molar-refractivity contribution in [2.75, 3.05) is 17.2 Å². The van der Waals surface area contributed by atoms with Crippen LogP contribution in [-0.4, -0.2) is 33.6 Å². The van der Waals surface area contributed by atoms with E-state index >= 15 is 0 Å². The lowest BCUT2D eigenvalue weighted by Gasteiger charge is -2.13. The van der Waals surface area contributed by atoms with Gasteiger partial charge >= 0.3 is 12.1 Å². The lowest BCUT2D eigenvalue weighted by Crippen LogP contribution is -2.19. The molecule has 1 rings (SSSR count). The number of carbonyl (C=O) groups is 1. The number of carboxylic acids is 1. The van der Waals surface area contributed by atoms with Gasteiger partial charge in [0, 0.05) is 12.1 Å². The second-order valence-corrected chi connectivity index (χ2v) is 4.01. The molecule has 9 heteroatoms. The quantitative estimate of drug-likeness (QED) is 0.761. The van der Waals surface area contributed by atoms with Crippen LogP contribution in [0.25, 0.3) is 0 Å². The Hall–Kier alpha value is -2.06. The summed E-state index contributed by atoms with van der Waals surface area (Å²) in [6, 6.07) is 0.648. The molecule has 0 saturated carbocycles. The van der Waals surface area contributed by atoms with Gasteiger partial charge in [-0.3, -0.25) is 4.79 Å². The van der Waals surface area contributed by atoms with E-state index in [1.165, 1.54) is 0 Å². The summed E-state index contributed by atoms with van der Waals surface area (Å²) in [5.74, 6) is -1.63. The summed E-state index contributed by atoms with van der Waals surface area (Å²) in [6.07, 6.45) is -4.63. The maximum absolute atomic E-state index is 12.6. The second-order valence-electron chi connectivity index (χ2n) is 4.01. The van der Waals surface area contributed by atoms with Gasteiger partial charge in [-0.05, 0) is 13.8 Å².